The molecule has 3 rings (SSSR count). The molecule has 3 aromatic rings. The van der Waals surface area contributed by atoms with Gasteiger partial charge in [0.25, 0.3) is 0 Å². The minimum atomic E-state index is -0.457. The first-order valence-electron chi connectivity index (χ1n) is 11.1. The number of benzene rings is 3. The van der Waals surface area contributed by atoms with Crippen LogP contribution in [0.4, 0.5) is 0 Å². The van der Waals surface area contributed by atoms with Crippen LogP contribution < -0.4 is 4.74 Å². The van der Waals surface area contributed by atoms with Crippen LogP contribution in [-0.4, -0.2) is 43.6 Å². The summed E-state index contributed by atoms with van der Waals surface area (Å²) in [5.41, 5.74) is 5.27. The second-order valence-corrected chi connectivity index (χ2v) is 7.69. The average molecular weight is 459 g/mol. The molecule has 34 heavy (non-hydrogen) atoms. The van der Waals surface area contributed by atoms with E-state index in [1.807, 2.05) is 84.9 Å². The molecule has 0 fully saturated rings. The number of allylic oxidation sites excluding steroid dienone is 2. The lowest BCUT2D eigenvalue weighted by molar-refractivity contribution is 0.0598. The van der Waals surface area contributed by atoms with Gasteiger partial charge in [0.05, 0.1) is 33.0 Å². The van der Waals surface area contributed by atoms with Crippen LogP contribution in [0.2, 0.25) is 0 Å². The molecule has 0 unspecified atom stereocenters. The van der Waals surface area contributed by atoms with Crippen LogP contribution in [0, 0.1) is 0 Å². The quantitative estimate of drug-likeness (QED) is 0.430. The maximum absolute atomic E-state index is 12.9. The standard InChI is InChI=1S/C29H30O5/c1-33-27-18-16-23(13-14-24(19-30)21-9-5-3-6-10-21)28(29(32)34-2)26(27)17-15-25(20-31)22-11-7-4-8-12-22/h3-12,14-16,18,30-31H,13,17,19-20H2,1-2H3/b24-14+,25-15?. The lowest BCUT2D eigenvalue weighted by Gasteiger charge is -2.16. The van der Waals surface area contributed by atoms with Crippen molar-refractivity contribution in [1.29, 1.82) is 0 Å². The highest BCUT2D eigenvalue weighted by Crippen LogP contribution is 2.29. The molecule has 0 saturated carbocycles. The average Bonchev–Trinajstić information content (AvgIpc) is 2.90. The summed E-state index contributed by atoms with van der Waals surface area (Å²) in [6, 6.07) is 22.9. The molecule has 2 N–H and O–H groups in total. The number of aliphatic hydroxyl groups is 2. The zero-order valence-corrected chi connectivity index (χ0v) is 19.5. The van der Waals surface area contributed by atoms with E-state index in [0.29, 0.717) is 29.7 Å². The van der Waals surface area contributed by atoms with Crippen LogP contribution in [0.15, 0.2) is 84.9 Å². The summed E-state index contributed by atoms with van der Waals surface area (Å²) < 4.78 is 10.7. The summed E-state index contributed by atoms with van der Waals surface area (Å²) in [6.07, 6.45) is 4.64. The van der Waals surface area contributed by atoms with Crippen molar-refractivity contribution in [2.75, 3.05) is 27.4 Å². The number of hydrogen-bond acceptors (Lipinski definition) is 5. The Hall–Kier alpha value is -3.67. The Morgan fingerprint density at radius 2 is 1.29 bits per heavy atom. The fourth-order valence-corrected chi connectivity index (χ4v) is 3.91. The third-order valence-electron chi connectivity index (χ3n) is 5.72. The van der Waals surface area contributed by atoms with Crippen molar-refractivity contribution in [2.45, 2.75) is 12.8 Å². The molecule has 0 aliphatic rings. The van der Waals surface area contributed by atoms with E-state index in [1.54, 1.807) is 7.11 Å². The molecule has 0 amide bonds. The lowest BCUT2D eigenvalue weighted by Crippen LogP contribution is -2.11. The minimum Gasteiger partial charge on any atom is -0.496 e. The van der Waals surface area contributed by atoms with Gasteiger partial charge in [0.15, 0.2) is 0 Å². The Kier molecular flexibility index (Phi) is 9.21. The monoisotopic (exact) mass is 458 g/mol. The Labute approximate surface area is 200 Å². The SMILES string of the molecule is COC(=O)c1c(C/C=C(\CO)c2ccccc2)ccc(OC)c1CC=C(CO)c1ccccc1. The molecule has 3 aromatic carbocycles. The van der Waals surface area contributed by atoms with E-state index in [0.717, 1.165) is 27.8 Å². The van der Waals surface area contributed by atoms with Gasteiger partial charge in [-0.05, 0) is 46.7 Å². The predicted molar refractivity (Wildman–Crippen MR) is 135 cm³/mol. The number of esters is 1. The van der Waals surface area contributed by atoms with Crippen LogP contribution in [0.5, 0.6) is 5.75 Å². The van der Waals surface area contributed by atoms with E-state index in [4.69, 9.17) is 9.47 Å². The third kappa shape index (κ3) is 6.01. The Morgan fingerprint density at radius 3 is 1.76 bits per heavy atom. The van der Waals surface area contributed by atoms with Crippen LogP contribution in [-0.2, 0) is 17.6 Å². The van der Waals surface area contributed by atoms with E-state index in [1.165, 1.54) is 7.11 Å². The molecule has 0 saturated heterocycles. The highest BCUT2D eigenvalue weighted by molar-refractivity contribution is 5.94. The van der Waals surface area contributed by atoms with Gasteiger partial charge in [-0.15, -0.1) is 0 Å². The van der Waals surface area contributed by atoms with Gasteiger partial charge in [-0.25, -0.2) is 4.79 Å². The maximum Gasteiger partial charge on any atom is 0.338 e. The second kappa shape index (κ2) is 12.5. The minimum absolute atomic E-state index is 0.111. The first kappa shape index (κ1) is 25.0. The van der Waals surface area contributed by atoms with Crippen molar-refractivity contribution < 1.29 is 24.5 Å². The van der Waals surface area contributed by atoms with Gasteiger partial charge in [-0.3, -0.25) is 0 Å². The van der Waals surface area contributed by atoms with Crippen molar-refractivity contribution >= 4 is 17.1 Å². The van der Waals surface area contributed by atoms with E-state index in [2.05, 4.69) is 0 Å². The van der Waals surface area contributed by atoms with Crippen LogP contribution in [0.25, 0.3) is 11.1 Å². The van der Waals surface area contributed by atoms with Gasteiger partial charge < -0.3 is 19.7 Å². The van der Waals surface area contributed by atoms with E-state index >= 15 is 0 Å². The number of methoxy groups -OCH3 is 2. The normalized spacial score (nSPS) is 11.9. The molecule has 0 aliphatic heterocycles. The molecular formula is C29H30O5. The largest absolute Gasteiger partial charge is 0.496 e. The van der Waals surface area contributed by atoms with Crippen molar-refractivity contribution in [2.24, 2.45) is 0 Å². The summed E-state index contributed by atoms with van der Waals surface area (Å²) in [4.78, 5) is 12.9. The van der Waals surface area contributed by atoms with Crippen molar-refractivity contribution in [3.05, 3.63) is 113 Å². The number of aliphatic hydroxyl groups excluding tert-OH is 2. The zero-order chi connectivity index (χ0) is 24.3. The molecule has 0 aliphatic carbocycles. The first-order chi connectivity index (χ1) is 16.6. The Morgan fingerprint density at radius 1 is 0.765 bits per heavy atom. The molecular weight excluding hydrogens is 428 g/mol. The first-order valence-corrected chi connectivity index (χ1v) is 11.1. The van der Waals surface area contributed by atoms with Crippen LogP contribution in [0.1, 0.15) is 32.6 Å². The van der Waals surface area contributed by atoms with E-state index < -0.39 is 5.97 Å². The molecule has 0 heterocycles. The van der Waals surface area contributed by atoms with Gasteiger partial charge in [0.1, 0.15) is 5.75 Å². The van der Waals surface area contributed by atoms with Gasteiger partial charge in [-0.1, -0.05) is 78.9 Å². The molecule has 5 heteroatoms. The van der Waals surface area contributed by atoms with Gasteiger partial charge >= 0.3 is 5.97 Å². The molecule has 0 atom stereocenters. The summed E-state index contributed by atoms with van der Waals surface area (Å²) in [5.74, 6) is 0.112. The molecule has 0 radical (unpaired) electrons. The fourth-order valence-electron chi connectivity index (χ4n) is 3.91. The number of carbonyl (C=O) groups excluding carboxylic acids is 1. The number of rotatable bonds is 10. The molecule has 0 bridgehead atoms. The highest BCUT2D eigenvalue weighted by atomic mass is 16.5. The highest BCUT2D eigenvalue weighted by Gasteiger charge is 2.20. The Bertz CT molecular complexity index is 1150. The van der Waals surface area contributed by atoms with Gasteiger partial charge in [-0.2, -0.15) is 0 Å². The van der Waals surface area contributed by atoms with Crippen molar-refractivity contribution in [3.63, 3.8) is 0 Å². The van der Waals surface area contributed by atoms with Crippen LogP contribution >= 0.6 is 0 Å². The number of ether oxygens (including phenoxy) is 2. The topological polar surface area (TPSA) is 76.0 Å². The summed E-state index contributed by atoms with van der Waals surface area (Å²) in [6.45, 7) is -0.237. The van der Waals surface area contributed by atoms with E-state index in [9.17, 15) is 15.0 Å². The number of hydrogen-bond donors (Lipinski definition) is 2. The fraction of sp³-hybridized carbons (Fsp3) is 0.207. The molecule has 176 valence electrons. The van der Waals surface area contributed by atoms with Crippen molar-refractivity contribution in [3.8, 4) is 5.75 Å². The zero-order valence-electron chi connectivity index (χ0n) is 19.5. The lowest BCUT2D eigenvalue weighted by atomic mass is 9.93. The molecule has 0 spiro atoms. The smallest absolute Gasteiger partial charge is 0.338 e. The van der Waals surface area contributed by atoms with Crippen LogP contribution in [0.3, 0.4) is 0 Å². The van der Waals surface area contributed by atoms with E-state index in [-0.39, 0.29) is 13.2 Å². The third-order valence-corrected chi connectivity index (χ3v) is 5.72. The molecule has 5 nitrogen and oxygen atoms in total. The second-order valence-electron chi connectivity index (χ2n) is 7.69. The van der Waals surface area contributed by atoms with Crippen molar-refractivity contribution in [1.82, 2.24) is 0 Å². The van der Waals surface area contributed by atoms with Gasteiger partial charge in [0, 0.05) is 5.56 Å². The van der Waals surface area contributed by atoms with Gasteiger partial charge in [0.2, 0.25) is 0 Å². The molecule has 0 aromatic heterocycles. The Balaban J connectivity index is 2.03. The maximum atomic E-state index is 12.9. The summed E-state index contributed by atoms with van der Waals surface area (Å²) >= 11 is 0. The number of carbonyl (C=O) groups is 1. The summed E-state index contributed by atoms with van der Waals surface area (Å²) in [7, 11) is 2.92. The predicted octanol–water partition coefficient (Wildman–Crippen LogP) is 4.72. The summed E-state index contributed by atoms with van der Waals surface area (Å²) in [5, 5.41) is 19.8.